The number of rotatable bonds is 5. The molecule has 0 spiro atoms. The lowest BCUT2D eigenvalue weighted by molar-refractivity contribution is 0.237. The summed E-state index contributed by atoms with van der Waals surface area (Å²) in [5.74, 6) is 1.04. The number of halogens is 1. The summed E-state index contributed by atoms with van der Waals surface area (Å²) < 4.78 is 7.05. The molecule has 1 N–H and O–H groups in total. The third-order valence-electron chi connectivity index (χ3n) is 2.83. The van der Waals surface area contributed by atoms with Crippen molar-refractivity contribution in [3.05, 3.63) is 27.7 Å². The molecule has 3 heteroatoms. The molecule has 0 unspecified atom stereocenters. The molecule has 1 saturated carbocycles. The van der Waals surface area contributed by atoms with Gasteiger partial charge < -0.3 is 10.1 Å². The smallest absolute Gasteiger partial charge is 0.127 e. The van der Waals surface area contributed by atoms with Crippen molar-refractivity contribution in [2.24, 2.45) is 0 Å². The van der Waals surface area contributed by atoms with E-state index in [1.807, 2.05) is 0 Å². The summed E-state index contributed by atoms with van der Waals surface area (Å²) in [6.07, 6.45) is 2.84. The topological polar surface area (TPSA) is 21.3 Å². The van der Waals surface area contributed by atoms with Crippen molar-refractivity contribution in [2.75, 3.05) is 0 Å². The van der Waals surface area contributed by atoms with Gasteiger partial charge in [0.2, 0.25) is 0 Å². The molecule has 2 nitrogen and oxygen atoms in total. The van der Waals surface area contributed by atoms with E-state index >= 15 is 0 Å². The highest BCUT2D eigenvalue weighted by atomic mass is 79.9. The fourth-order valence-electron chi connectivity index (χ4n) is 1.88. The zero-order chi connectivity index (χ0) is 12.4. The maximum Gasteiger partial charge on any atom is 0.127 e. The fraction of sp³-hybridized carbons (Fsp3) is 0.571. The lowest BCUT2D eigenvalue weighted by atomic mass is 10.1. The van der Waals surface area contributed by atoms with Crippen LogP contribution in [0, 0.1) is 6.92 Å². The van der Waals surface area contributed by atoms with Gasteiger partial charge in [-0.2, -0.15) is 0 Å². The molecule has 0 heterocycles. The van der Waals surface area contributed by atoms with Crippen molar-refractivity contribution in [3.8, 4) is 5.75 Å². The minimum atomic E-state index is 0.217. The van der Waals surface area contributed by atoms with Gasteiger partial charge in [0.25, 0.3) is 0 Å². The van der Waals surface area contributed by atoms with E-state index in [1.54, 1.807) is 0 Å². The second-order valence-electron chi connectivity index (χ2n) is 5.03. The molecule has 0 amide bonds. The Bertz CT molecular complexity index is 399. The molecule has 94 valence electrons. The van der Waals surface area contributed by atoms with Gasteiger partial charge in [-0.05, 0) is 51.3 Å². The SMILES string of the molecule is Cc1cc(Br)cc(CNC2CC2)c1OC(C)C. The lowest BCUT2D eigenvalue weighted by Gasteiger charge is -2.17. The Balaban J connectivity index is 2.18. The largest absolute Gasteiger partial charge is 0.490 e. The molecule has 1 fully saturated rings. The normalized spacial score (nSPS) is 15.4. The van der Waals surface area contributed by atoms with E-state index in [4.69, 9.17) is 4.74 Å². The molecule has 0 bridgehead atoms. The van der Waals surface area contributed by atoms with Gasteiger partial charge in [0.1, 0.15) is 5.75 Å². The molecular weight excluding hydrogens is 278 g/mol. The Labute approximate surface area is 112 Å². The minimum Gasteiger partial charge on any atom is -0.490 e. The van der Waals surface area contributed by atoms with Gasteiger partial charge in [-0.25, -0.2) is 0 Å². The van der Waals surface area contributed by atoms with Crippen LogP contribution in [0.4, 0.5) is 0 Å². The summed E-state index contributed by atoms with van der Waals surface area (Å²) in [5.41, 5.74) is 2.44. The second-order valence-corrected chi connectivity index (χ2v) is 5.95. The summed E-state index contributed by atoms with van der Waals surface area (Å²) in [4.78, 5) is 0. The van der Waals surface area contributed by atoms with Crippen molar-refractivity contribution in [3.63, 3.8) is 0 Å². The fourth-order valence-corrected chi connectivity index (χ4v) is 2.50. The van der Waals surface area contributed by atoms with Crippen molar-refractivity contribution in [1.82, 2.24) is 5.32 Å². The average Bonchev–Trinajstić information content (AvgIpc) is 3.02. The van der Waals surface area contributed by atoms with Crippen LogP contribution in [-0.4, -0.2) is 12.1 Å². The van der Waals surface area contributed by atoms with E-state index in [0.29, 0.717) is 0 Å². The Kier molecular flexibility index (Phi) is 4.10. The van der Waals surface area contributed by atoms with Gasteiger partial charge in [0.15, 0.2) is 0 Å². The van der Waals surface area contributed by atoms with Gasteiger partial charge in [0.05, 0.1) is 6.10 Å². The molecule has 0 saturated heterocycles. The minimum absolute atomic E-state index is 0.217. The highest BCUT2D eigenvalue weighted by molar-refractivity contribution is 9.10. The molecule has 2 rings (SSSR count). The Morgan fingerprint density at radius 2 is 2.12 bits per heavy atom. The van der Waals surface area contributed by atoms with E-state index < -0.39 is 0 Å². The lowest BCUT2D eigenvalue weighted by Crippen LogP contribution is -2.17. The molecular formula is C14H20BrNO. The highest BCUT2D eigenvalue weighted by Crippen LogP contribution is 2.30. The van der Waals surface area contributed by atoms with Crippen LogP contribution in [0.2, 0.25) is 0 Å². The molecule has 17 heavy (non-hydrogen) atoms. The first-order valence-corrected chi connectivity index (χ1v) is 7.04. The molecule has 1 aromatic carbocycles. The first kappa shape index (κ1) is 12.9. The van der Waals surface area contributed by atoms with Crippen LogP contribution in [0.25, 0.3) is 0 Å². The molecule has 0 aliphatic heterocycles. The third kappa shape index (κ3) is 3.71. The maximum atomic E-state index is 5.92. The van der Waals surface area contributed by atoms with Crippen LogP contribution in [-0.2, 0) is 6.54 Å². The molecule has 1 aliphatic rings. The highest BCUT2D eigenvalue weighted by Gasteiger charge is 2.21. The zero-order valence-electron chi connectivity index (χ0n) is 10.7. The summed E-state index contributed by atoms with van der Waals surface area (Å²) in [5, 5.41) is 3.54. The van der Waals surface area contributed by atoms with Crippen LogP contribution in [0.15, 0.2) is 16.6 Å². The van der Waals surface area contributed by atoms with Crippen LogP contribution in [0.1, 0.15) is 37.8 Å². The van der Waals surface area contributed by atoms with Gasteiger partial charge in [0, 0.05) is 22.6 Å². The van der Waals surface area contributed by atoms with Crippen LogP contribution >= 0.6 is 15.9 Å². The molecule has 0 aromatic heterocycles. The summed E-state index contributed by atoms with van der Waals surface area (Å²) in [7, 11) is 0. The van der Waals surface area contributed by atoms with E-state index in [0.717, 1.165) is 22.8 Å². The molecule has 0 atom stereocenters. The monoisotopic (exact) mass is 297 g/mol. The average molecular weight is 298 g/mol. The van der Waals surface area contributed by atoms with E-state index in [1.165, 1.54) is 24.0 Å². The van der Waals surface area contributed by atoms with Gasteiger partial charge in [-0.3, -0.25) is 0 Å². The van der Waals surface area contributed by atoms with E-state index in [-0.39, 0.29) is 6.10 Å². The van der Waals surface area contributed by atoms with Crippen LogP contribution in [0.5, 0.6) is 5.75 Å². The predicted octanol–water partition coefficient (Wildman–Crippen LogP) is 3.80. The number of benzene rings is 1. The summed E-state index contributed by atoms with van der Waals surface area (Å²) >= 11 is 3.55. The van der Waals surface area contributed by atoms with Crippen LogP contribution in [0.3, 0.4) is 0 Å². The summed E-state index contributed by atoms with van der Waals surface area (Å²) in [6.45, 7) is 7.13. The zero-order valence-corrected chi connectivity index (χ0v) is 12.3. The summed E-state index contributed by atoms with van der Waals surface area (Å²) in [6, 6.07) is 4.99. The van der Waals surface area contributed by atoms with Crippen molar-refractivity contribution >= 4 is 15.9 Å². The first-order chi connectivity index (χ1) is 8.06. The van der Waals surface area contributed by atoms with Crippen molar-refractivity contribution in [2.45, 2.75) is 52.3 Å². The quantitative estimate of drug-likeness (QED) is 0.893. The Morgan fingerprint density at radius 3 is 2.71 bits per heavy atom. The first-order valence-electron chi connectivity index (χ1n) is 6.25. The standard InChI is InChI=1S/C14H20BrNO/c1-9(2)17-14-10(3)6-12(15)7-11(14)8-16-13-4-5-13/h6-7,9,13,16H,4-5,8H2,1-3H3. The van der Waals surface area contributed by atoms with E-state index in [9.17, 15) is 0 Å². The maximum absolute atomic E-state index is 5.92. The second kappa shape index (κ2) is 5.40. The van der Waals surface area contributed by atoms with E-state index in [2.05, 4.69) is 54.2 Å². The Morgan fingerprint density at radius 1 is 1.41 bits per heavy atom. The van der Waals surface area contributed by atoms with Gasteiger partial charge in [-0.1, -0.05) is 15.9 Å². The predicted molar refractivity (Wildman–Crippen MR) is 74.5 cm³/mol. The third-order valence-corrected chi connectivity index (χ3v) is 3.29. The van der Waals surface area contributed by atoms with Crippen LogP contribution < -0.4 is 10.1 Å². The van der Waals surface area contributed by atoms with Gasteiger partial charge >= 0.3 is 0 Å². The number of hydrogen-bond acceptors (Lipinski definition) is 2. The Hall–Kier alpha value is -0.540. The van der Waals surface area contributed by atoms with Crippen molar-refractivity contribution < 1.29 is 4.74 Å². The number of aryl methyl sites for hydroxylation is 1. The number of ether oxygens (including phenoxy) is 1. The van der Waals surface area contributed by atoms with Gasteiger partial charge in [-0.15, -0.1) is 0 Å². The molecule has 0 radical (unpaired) electrons. The number of nitrogens with one attached hydrogen (secondary N) is 1. The molecule has 1 aromatic rings. The van der Waals surface area contributed by atoms with Crippen molar-refractivity contribution in [1.29, 1.82) is 0 Å². The number of hydrogen-bond donors (Lipinski definition) is 1. The molecule has 1 aliphatic carbocycles.